The summed E-state index contributed by atoms with van der Waals surface area (Å²) in [4.78, 5) is 2.46. The van der Waals surface area contributed by atoms with Gasteiger partial charge in [0.15, 0.2) is 0 Å². The number of amidine groups is 1. The van der Waals surface area contributed by atoms with Crippen LogP contribution in [0.4, 0.5) is 0 Å². The van der Waals surface area contributed by atoms with E-state index in [4.69, 9.17) is 15.9 Å². The Kier molecular flexibility index (Phi) is 4.60. The second-order valence-electron chi connectivity index (χ2n) is 5.77. The Morgan fingerprint density at radius 2 is 2.25 bits per heavy atom. The summed E-state index contributed by atoms with van der Waals surface area (Å²) in [7, 11) is 1.60. The lowest BCUT2D eigenvalue weighted by Gasteiger charge is -2.37. The van der Waals surface area contributed by atoms with Crippen molar-refractivity contribution in [3.63, 3.8) is 0 Å². The highest BCUT2D eigenvalue weighted by atomic mass is 32.2. The van der Waals surface area contributed by atoms with Crippen LogP contribution in [-0.2, 0) is 6.54 Å². The molecule has 1 saturated heterocycles. The molecule has 1 aliphatic heterocycles. The van der Waals surface area contributed by atoms with Gasteiger partial charge in [-0.25, -0.2) is 0 Å². The quantitative estimate of drug-likeness (QED) is 0.660. The predicted molar refractivity (Wildman–Crippen MR) is 85.8 cm³/mol. The molecule has 0 unspecified atom stereocenters. The van der Waals surface area contributed by atoms with Crippen molar-refractivity contribution in [1.29, 1.82) is 5.41 Å². The van der Waals surface area contributed by atoms with Crippen molar-refractivity contribution >= 4 is 17.6 Å². The van der Waals surface area contributed by atoms with E-state index in [0.29, 0.717) is 16.1 Å². The molecule has 0 saturated carbocycles. The van der Waals surface area contributed by atoms with Crippen LogP contribution in [0.15, 0.2) is 18.2 Å². The standard InChI is InChI=1S/C15H23N3OS/c1-15(2)10-18(6-7-20-15)9-11-4-5-13(19-3)12(8-11)14(16)17/h4-5,8H,6-7,9-10H2,1-3H3,(H3,16,17). The number of hydrogen-bond acceptors (Lipinski definition) is 4. The summed E-state index contributed by atoms with van der Waals surface area (Å²) in [6.07, 6.45) is 0. The van der Waals surface area contributed by atoms with E-state index in [2.05, 4.69) is 24.8 Å². The topological polar surface area (TPSA) is 62.3 Å². The van der Waals surface area contributed by atoms with Gasteiger partial charge in [0, 0.05) is 30.1 Å². The molecule has 1 aromatic rings. The van der Waals surface area contributed by atoms with Crippen molar-refractivity contribution < 1.29 is 4.74 Å². The van der Waals surface area contributed by atoms with Crippen LogP contribution in [0.3, 0.4) is 0 Å². The molecule has 1 fully saturated rings. The first-order chi connectivity index (χ1) is 9.41. The van der Waals surface area contributed by atoms with Crippen LogP contribution in [-0.4, -0.2) is 41.4 Å². The van der Waals surface area contributed by atoms with Crippen molar-refractivity contribution in [1.82, 2.24) is 4.90 Å². The Labute approximate surface area is 125 Å². The summed E-state index contributed by atoms with van der Waals surface area (Å²) >= 11 is 2.03. The fourth-order valence-corrected chi connectivity index (χ4v) is 3.75. The van der Waals surface area contributed by atoms with E-state index in [1.54, 1.807) is 7.11 Å². The Morgan fingerprint density at radius 1 is 1.50 bits per heavy atom. The third-order valence-corrected chi connectivity index (χ3v) is 4.76. The van der Waals surface area contributed by atoms with Crippen molar-refractivity contribution in [2.75, 3.05) is 26.0 Å². The molecule has 1 heterocycles. The third-order valence-electron chi connectivity index (χ3n) is 3.46. The molecule has 5 heteroatoms. The van der Waals surface area contributed by atoms with Crippen LogP contribution in [0.1, 0.15) is 25.0 Å². The first-order valence-corrected chi connectivity index (χ1v) is 7.77. The van der Waals surface area contributed by atoms with Crippen molar-refractivity contribution in [3.8, 4) is 5.75 Å². The molecule has 0 aliphatic carbocycles. The van der Waals surface area contributed by atoms with Crippen LogP contribution in [0.25, 0.3) is 0 Å². The van der Waals surface area contributed by atoms with Gasteiger partial charge in [0.2, 0.25) is 0 Å². The van der Waals surface area contributed by atoms with E-state index in [1.165, 1.54) is 11.3 Å². The molecular weight excluding hydrogens is 270 g/mol. The zero-order valence-electron chi connectivity index (χ0n) is 12.4. The van der Waals surface area contributed by atoms with Crippen molar-refractivity contribution in [2.45, 2.75) is 25.1 Å². The molecule has 110 valence electrons. The molecule has 0 aromatic heterocycles. The minimum absolute atomic E-state index is 0.0539. The normalized spacial score (nSPS) is 18.8. The zero-order valence-corrected chi connectivity index (χ0v) is 13.2. The van der Waals surface area contributed by atoms with Crippen LogP contribution in [0, 0.1) is 5.41 Å². The summed E-state index contributed by atoms with van der Waals surface area (Å²) in [6, 6.07) is 5.92. The van der Waals surface area contributed by atoms with Gasteiger partial charge in [0.05, 0.1) is 12.7 Å². The Bertz CT molecular complexity index is 502. The zero-order chi connectivity index (χ0) is 14.8. The Morgan fingerprint density at radius 3 is 2.85 bits per heavy atom. The number of rotatable bonds is 4. The summed E-state index contributed by atoms with van der Waals surface area (Å²) in [5.74, 6) is 1.89. The number of thioether (sulfide) groups is 1. The molecule has 3 N–H and O–H groups in total. The SMILES string of the molecule is COc1ccc(CN2CCSC(C)(C)C2)cc1C(=N)N. The molecule has 4 nitrogen and oxygen atoms in total. The monoisotopic (exact) mass is 293 g/mol. The van der Waals surface area contributed by atoms with Gasteiger partial charge < -0.3 is 10.5 Å². The largest absolute Gasteiger partial charge is 0.496 e. The molecule has 0 atom stereocenters. The fraction of sp³-hybridized carbons (Fsp3) is 0.533. The average molecular weight is 293 g/mol. The highest BCUT2D eigenvalue weighted by molar-refractivity contribution is 8.00. The Balaban J connectivity index is 2.13. The maximum Gasteiger partial charge on any atom is 0.129 e. The highest BCUT2D eigenvalue weighted by Gasteiger charge is 2.26. The number of nitrogens with one attached hydrogen (secondary N) is 1. The predicted octanol–water partition coefficient (Wildman–Crippen LogP) is 2.31. The second-order valence-corrected chi connectivity index (χ2v) is 7.57. The molecule has 1 aromatic carbocycles. The molecule has 20 heavy (non-hydrogen) atoms. The van der Waals surface area contributed by atoms with Gasteiger partial charge in [0.1, 0.15) is 11.6 Å². The number of methoxy groups -OCH3 is 1. The van der Waals surface area contributed by atoms with Gasteiger partial charge in [-0.1, -0.05) is 6.07 Å². The molecule has 0 radical (unpaired) electrons. The van der Waals surface area contributed by atoms with E-state index in [-0.39, 0.29) is 5.84 Å². The summed E-state index contributed by atoms with van der Waals surface area (Å²) < 4.78 is 5.56. The first kappa shape index (κ1) is 15.2. The van der Waals surface area contributed by atoms with Crippen molar-refractivity contribution in [2.24, 2.45) is 5.73 Å². The minimum atomic E-state index is 0.0539. The first-order valence-electron chi connectivity index (χ1n) is 6.79. The van der Waals surface area contributed by atoms with Gasteiger partial charge >= 0.3 is 0 Å². The smallest absolute Gasteiger partial charge is 0.129 e. The van der Waals surface area contributed by atoms with Crippen LogP contribution >= 0.6 is 11.8 Å². The van der Waals surface area contributed by atoms with E-state index in [1.807, 2.05) is 23.9 Å². The molecule has 0 amide bonds. The molecule has 2 rings (SSSR count). The third kappa shape index (κ3) is 3.67. The number of nitrogens with zero attached hydrogens (tertiary/aromatic N) is 1. The van der Waals surface area contributed by atoms with Crippen LogP contribution < -0.4 is 10.5 Å². The maximum atomic E-state index is 7.64. The second kappa shape index (κ2) is 6.06. The van der Waals surface area contributed by atoms with Gasteiger partial charge in [-0.3, -0.25) is 10.3 Å². The van der Waals surface area contributed by atoms with E-state index < -0.39 is 0 Å². The number of nitrogen functional groups attached to an aromatic ring is 1. The molecular formula is C15H23N3OS. The van der Waals surface area contributed by atoms with E-state index in [9.17, 15) is 0 Å². The molecule has 1 aliphatic rings. The molecule has 0 spiro atoms. The Hall–Kier alpha value is -1.20. The lowest BCUT2D eigenvalue weighted by atomic mass is 10.1. The summed E-state index contributed by atoms with van der Waals surface area (Å²) in [5, 5.41) is 7.64. The summed E-state index contributed by atoms with van der Waals surface area (Å²) in [5.41, 5.74) is 7.48. The highest BCUT2D eigenvalue weighted by Crippen LogP contribution is 2.30. The summed E-state index contributed by atoms with van der Waals surface area (Å²) in [6.45, 7) is 7.67. The minimum Gasteiger partial charge on any atom is -0.496 e. The fourth-order valence-electron chi connectivity index (χ4n) is 2.57. The van der Waals surface area contributed by atoms with E-state index in [0.717, 1.165) is 19.6 Å². The lowest BCUT2D eigenvalue weighted by molar-refractivity contribution is 0.252. The van der Waals surface area contributed by atoms with Crippen LogP contribution in [0.2, 0.25) is 0 Å². The van der Waals surface area contributed by atoms with Gasteiger partial charge in [-0.2, -0.15) is 11.8 Å². The van der Waals surface area contributed by atoms with Gasteiger partial charge in [-0.05, 0) is 31.5 Å². The number of ether oxygens (including phenoxy) is 1. The lowest BCUT2D eigenvalue weighted by Crippen LogP contribution is -2.42. The number of nitrogens with two attached hydrogens (primary N) is 1. The van der Waals surface area contributed by atoms with E-state index >= 15 is 0 Å². The number of hydrogen-bond donors (Lipinski definition) is 2. The van der Waals surface area contributed by atoms with Gasteiger partial charge in [0.25, 0.3) is 0 Å². The van der Waals surface area contributed by atoms with Crippen molar-refractivity contribution in [3.05, 3.63) is 29.3 Å². The maximum absolute atomic E-state index is 7.64. The number of benzene rings is 1. The van der Waals surface area contributed by atoms with Gasteiger partial charge in [-0.15, -0.1) is 0 Å². The average Bonchev–Trinajstić information content (AvgIpc) is 2.37. The van der Waals surface area contributed by atoms with Crippen LogP contribution in [0.5, 0.6) is 5.75 Å². The molecule has 0 bridgehead atoms.